The highest BCUT2D eigenvalue weighted by Crippen LogP contribution is 2.27. The number of likely N-dealkylation sites (N-methyl/N-ethyl adjacent to an activating group) is 1. The maximum absolute atomic E-state index is 11.9. The zero-order valence-electron chi connectivity index (χ0n) is 12.6. The van der Waals surface area contributed by atoms with Crippen LogP contribution in [0.25, 0.3) is 0 Å². The first kappa shape index (κ1) is 15.3. The first-order valence-electron chi connectivity index (χ1n) is 7.29. The van der Waals surface area contributed by atoms with Crippen LogP contribution in [-0.2, 0) is 4.79 Å². The third-order valence-corrected chi connectivity index (χ3v) is 4.82. The van der Waals surface area contributed by atoms with Gasteiger partial charge in [0.2, 0.25) is 5.91 Å². The van der Waals surface area contributed by atoms with Crippen LogP contribution in [-0.4, -0.2) is 49.0 Å². The molecule has 1 aromatic heterocycles. The molecular weight excluding hydrogens is 272 g/mol. The summed E-state index contributed by atoms with van der Waals surface area (Å²) in [5.74, 6) is 0.177. The number of carbonyl (C=O) groups is 1. The van der Waals surface area contributed by atoms with E-state index in [0.717, 1.165) is 37.6 Å². The van der Waals surface area contributed by atoms with Crippen LogP contribution in [0.15, 0.2) is 6.20 Å². The molecule has 0 saturated carbocycles. The maximum atomic E-state index is 11.9. The fourth-order valence-corrected chi connectivity index (χ4v) is 3.20. The zero-order valence-corrected chi connectivity index (χ0v) is 13.4. The molecule has 1 aromatic rings. The van der Waals surface area contributed by atoms with E-state index in [-0.39, 0.29) is 5.91 Å². The van der Waals surface area contributed by atoms with E-state index in [4.69, 9.17) is 0 Å². The van der Waals surface area contributed by atoms with Crippen molar-refractivity contribution in [3.8, 4) is 0 Å². The van der Waals surface area contributed by atoms with E-state index in [0.29, 0.717) is 12.6 Å². The second-order valence-electron chi connectivity index (χ2n) is 5.31. The molecule has 1 aliphatic heterocycles. The summed E-state index contributed by atoms with van der Waals surface area (Å²) in [6.07, 6.45) is 4.07. The van der Waals surface area contributed by atoms with E-state index in [9.17, 15) is 4.79 Å². The highest BCUT2D eigenvalue weighted by Gasteiger charge is 2.21. The molecule has 1 amide bonds. The fourth-order valence-electron chi connectivity index (χ4n) is 2.23. The minimum atomic E-state index is 0.177. The minimum absolute atomic E-state index is 0.177. The first-order chi connectivity index (χ1) is 9.61. The van der Waals surface area contributed by atoms with E-state index in [1.807, 2.05) is 13.2 Å². The third kappa shape index (κ3) is 3.70. The lowest BCUT2D eigenvalue weighted by Crippen LogP contribution is -2.34. The molecule has 0 spiro atoms. The summed E-state index contributed by atoms with van der Waals surface area (Å²) in [4.78, 5) is 21.6. The van der Waals surface area contributed by atoms with Crippen molar-refractivity contribution in [1.29, 1.82) is 0 Å². The molecule has 20 heavy (non-hydrogen) atoms. The molecule has 1 N–H and O–H groups in total. The van der Waals surface area contributed by atoms with Crippen LogP contribution in [0, 0.1) is 0 Å². The largest absolute Gasteiger partial charge is 0.344 e. The predicted molar refractivity (Wildman–Crippen MR) is 83.3 cm³/mol. The van der Waals surface area contributed by atoms with Crippen LogP contribution in [0.1, 0.15) is 37.6 Å². The Balaban J connectivity index is 2.02. The monoisotopic (exact) mass is 296 g/mol. The van der Waals surface area contributed by atoms with Gasteiger partial charge in [-0.1, -0.05) is 6.92 Å². The number of amides is 1. The number of aromatic nitrogens is 1. The average Bonchev–Trinajstić information content (AvgIpc) is 2.86. The van der Waals surface area contributed by atoms with E-state index < -0.39 is 0 Å². The Labute approximate surface area is 125 Å². The SMILES string of the molecule is CCCNC(C)c1cnc(N2CCCN(C)C(=O)C2)s1. The lowest BCUT2D eigenvalue weighted by atomic mass is 10.3. The van der Waals surface area contributed by atoms with Crippen LogP contribution in [0.2, 0.25) is 0 Å². The molecule has 1 unspecified atom stereocenters. The van der Waals surface area contributed by atoms with Crippen LogP contribution in [0.5, 0.6) is 0 Å². The van der Waals surface area contributed by atoms with E-state index in [1.54, 1.807) is 16.2 Å². The number of anilines is 1. The van der Waals surface area contributed by atoms with Crippen molar-refractivity contribution >= 4 is 22.4 Å². The predicted octanol–water partition coefficient (Wildman–Crippen LogP) is 1.87. The second-order valence-corrected chi connectivity index (χ2v) is 6.35. The van der Waals surface area contributed by atoms with Gasteiger partial charge in [-0.3, -0.25) is 4.79 Å². The lowest BCUT2D eigenvalue weighted by molar-refractivity contribution is -0.127. The number of hydrogen-bond acceptors (Lipinski definition) is 5. The number of nitrogens with one attached hydrogen (secondary N) is 1. The Morgan fingerprint density at radius 2 is 2.30 bits per heavy atom. The van der Waals surface area contributed by atoms with Crippen molar-refractivity contribution in [1.82, 2.24) is 15.2 Å². The number of thiazole rings is 1. The molecule has 1 fully saturated rings. The van der Waals surface area contributed by atoms with Crippen LogP contribution < -0.4 is 10.2 Å². The number of hydrogen-bond donors (Lipinski definition) is 1. The first-order valence-corrected chi connectivity index (χ1v) is 8.11. The second kappa shape index (κ2) is 7.04. The average molecular weight is 296 g/mol. The maximum Gasteiger partial charge on any atom is 0.241 e. The molecule has 1 atom stereocenters. The van der Waals surface area contributed by atoms with Gasteiger partial charge in [0, 0.05) is 37.3 Å². The molecule has 1 saturated heterocycles. The Morgan fingerprint density at radius 1 is 1.50 bits per heavy atom. The summed E-state index contributed by atoms with van der Waals surface area (Å²) in [5.41, 5.74) is 0. The highest BCUT2D eigenvalue weighted by molar-refractivity contribution is 7.15. The smallest absolute Gasteiger partial charge is 0.241 e. The van der Waals surface area contributed by atoms with E-state index in [1.165, 1.54) is 4.88 Å². The molecule has 6 heteroatoms. The van der Waals surface area contributed by atoms with Crippen molar-refractivity contribution < 1.29 is 4.79 Å². The molecule has 0 aromatic carbocycles. The standard InChI is InChI=1S/C14H24N4OS/c1-4-6-15-11(2)12-9-16-14(20-12)18-8-5-7-17(3)13(19)10-18/h9,11,15H,4-8,10H2,1-3H3. The Bertz CT molecular complexity index is 448. The van der Waals surface area contributed by atoms with E-state index in [2.05, 4.69) is 29.0 Å². The van der Waals surface area contributed by atoms with Crippen molar-refractivity contribution in [3.05, 3.63) is 11.1 Å². The molecule has 2 heterocycles. The van der Waals surface area contributed by atoms with Crippen LogP contribution >= 0.6 is 11.3 Å². The van der Waals surface area contributed by atoms with Gasteiger partial charge in [-0.05, 0) is 26.3 Å². The number of nitrogens with zero attached hydrogens (tertiary/aromatic N) is 3. The minimum Gasteiger partial charge on any atom is -0.344 e. The molecule has 5 nitrogen and oxygen atoms in total. The molecule has 2 rings (SSSR count). The summed E-state index contributed by atoms with van der Waals surface area (Å²) >= 11 is 1.69. The number of carbonyl (C=O) groups excluding carboxylic acids is 1. The van der Waals surface area contributed by atoms with Crippen LogP contribution in [0.4, 0.5) is 5.13 Å². The van der Waals surface area contributed by atoms with Crippen molar-refractivity contribution in [2.24, 2.45) is 0 Å². The zero-order chi connectivity index (χ0) is 14.5. The summed E-state index contributed by atoms with van der Waals surface area (Å²) in [5, 5.41) is 4.44. The summed E-state index contributed by atoms with van der Waals surface area (Å²) < 4.78 is 0. The van der Waals surface area contributed by atoms with Gasteiger partial charge < -0.3 is 15.1 Å². The Hall–Kier alpha value is -1.14. The van der Waals surface area contributed by atoms with Gasteiger partial charge in [0.1, 0.15) is 0 Å². The van der Waals surface area contributed by atoms with Crippen molar-refractivity contribution in [2.45, 2.75) is 32.7 Å². The molecule has 0 radical (unpaired) electrons. The quantitative estimate of drug-likeness (QED) is 0.901. The third-order valence-electron chi connectivity index (χ3n) is 3.58. The van der Waals surface area contributed by atoms with E-state index >= 15 is 0 Å². The van der Waals surface area contributed by atoms with Gasteiger partial charge >= 0.3 is 0 Å². The summed E-state index contributed by atoms with van der Waals surface area (Å²) in [7, 11) is 1.87. The summed E-state index contributed by atoms with van der Waals surface area (Å²) in [6.45, 7) is 7.52. The molecular formula is C14H24N4OS. The number of rotatable bonds is 5. The fraction of sp³-hybridized carbons (Fsp3) is 0.714. The normalized spacial score (nSPS) is 18.2. The molecule has 112 valence electrons. The van der Waals surface area contributed by atoms with Gasteiger partial charge in [0.05, 0.1) is 6.54 Å². The summed E-state index contributed by atoms with van der Waals surface area (Å²) in [6, 6.07) is 0.326. The van der Waals surface area contributed by atoms with Gasteiger partial charge in [0.15, 0.2) is 5.13 Å². The van der Waals surface area contributed by atoms with Gasteiger partial charge in [-0.2, -0.15) is 0 Å². The topological polar surface area (TPSA) is 48.5 Å². The molecule has 0 bridgehead atoms. The lowest BCUT2D eigenvalue weighted by Gasteiger charge is -2.18. The molecule has 1 aliphatic rings. The van der Waals surface area contributed by atoms with Crippen LogP contribution in [0.3, 0.4) is 0 Å². The Morgan fingerprint density at radius 3 is 3.05 bits per heavy atom. The van der Waals surface area contributed by atoms with Gasteiger partial charge in [-0.25, -0.2) is 4.98 Å². The van der Waals surface area contributed by atoms with Gasteiger partial charge in [0.25, 0.3) is 0 Å². The van der Waals surface area contributed by atoms with Gasteiger partial charge in [-0.15, -0.1) is 11.3 Å². The highest BCUT2D eigenvalue weighted by atomic mass is 32.1. The van der Waals surface area contributed by atoms with Crippen molar-refractivity contribution in [2.75, 3.05) is 38.1 Å². The van der Waals surface area contributed by atoms with Crippen molar-refractivity contribution in [3.63, 3.8) is 0 Å². The molecule has 0 aliphatic carbocycles. The Kier molecular flexibility index (Phi) is 5.37.